The van der Waals surface area contributed by atoms with Crippen molar-refractivity contribution in [3.63, 3.8) is 0 Å². The van der Waals surface area contributed by atoms with Crippen LogP contribution in [0, 0.1) is 11.8 Å². The van der Waals surface area contributed by atoms with Crippen molar-refractivity contribution in [2.45, 2.75) is 27.2 Å². The van der Waals surface area contributed by atoms with Crippen LogP contribution >= 0.6 is 0 Å². The fourth-order valence-corrected chi connectivity index (χ4v) is 3.41. The SMILES string of the molecule is CC1=Nc2ncc(-c3ccn4nc(N)ncc34)cc2C[C@@H]1C(C)C. The fraction of sp³-hybridized carbons (Fsp3) is 0.333. The summed E-state index contributed by atoms with van der Waals surface area (Å²) in [7, 11) is 0. The molecule has 0 fully saturated rings. The second-order valence-corrected chi connectivity index (χ2v) is 6.69. The van der Waals surface area contributed by atoms with Crippen LogP contribution in [0.1, 0.15) is 26.3 Å². The first kappa shape index (κ1) is 14.8. The van der Waals surface area contributed by atoms with E-state index >= 15 is 0 Å². The Morgan fingerprint density at radius 1 is 1.25 bits per heavy atom. The molecule has 6 heteroatoms. The summed E-state index contributed by atoms with van der Waals surface area (Å²) in [6, 6.07) is 4.21. The Morgan fingerprint density at radius 3 is 2.88 bits per heavy atom. The summed E-state index contributed by atoms with van der Waals surface area (Å²) < 4.78 is 1.75. The van der Waals surface area contributed by atoms with Gasteiger partial charge in [-0.1, -0.05) is 13.8 Å². The fourth-order valence-electron chi connectivity index (χ4n) is 3.41. The number of aromatic nitrogens is 4. The third kappa shape index (κ3) is 2.35. The smallest absolute Gasteiger partial charge is 0.238 e. The molecule has 3 aromatic heterocycles. The number of hydrogen-bond donors (Lipinski definition) is 1. The summed E-state index contributed by atoms with van der Waals surface area (Å²) in [5, 5.41) is 4.20. The molecular weight excluding hydrogens is 300 g/mol. The van der Waals surface area contributed by atoms with Gasteiger partial charge >= 0.3 is 0 Å². The Balaban J connectivity index is 1.80. The van der Waals surface area contributed by atoms with Crippen molar-refractivity contribution in [2.24, 2.45) is 16.8 Å². The maximum Gasteiger partial charge on any atom is 0.238 e. The average Bonchev–Trinajstić information content (AvgIpc) is 2.96. The number of aliphatic imine (C=N–C) groups is 1. The quantitative estimate of drug-likeness (QED) is 0.785. The Bertz CT molecular complexity index is 953. The normalized spacial score (nSPS) is 17.2. The summed E-state index contributed by atoms with van der Waals surface area (Å²) in [4.78, 5) is 13.4. The Morgan fingerprint density at radius 2 is 2.08 bits per heavy atom. The van der Waals surface area contributed by atoms with E-state index in [4.69, 9.17) is 10.7 Å². The zero-order valence-corrected chi connectivity index (χ0v) is 14.1. The van der Waals surface area contributed by atoms with Crippen LogP contribution in [-0.2, 0) is 6.42 Å². The number of hydrogen-bond acceptors (Lipinski definition) is 5. The predicted octanol–water partition coefficient (Wildman–Crippen LogP) is 3.29. The zero-order chi connectivity index (χ0) is 16.8. The van der Waals surface area contributed by atoms with E-state index in [0.29, 0.717) is 11.8 Å². The van der Waals surface area contributed by atoms with Gasteiger partial charge in [0.2, 0.25) is 5.95 Å². The molecule has 2 N–H and O–H groups in total. The first-order valence-electron chi connectivity index (χ1n) is 8.17. The molecule has 122 valence electrons. The van der Waals surface area contributed by atoms with Crippen molar-refractivity contribution in [3.05, 3.63) is 36.3 Å². The average molecular weight is 320 g/mol. The highest BCUT2D eigenvalue weighted by atomic mass is 15.3. The highest BCUT2D eigenvalue weighted by Crippen LogP contribution is 2.34. The van der Waals surface area contributed by atoms with Gasteiger partial charge in [-0.15, -0.1) is 5.10 Å². The van der Waals surface area contributed by atoms with E-state index in [-0.39, 0.29) is 5.95 Å². The highest BCUT2D eigenvalue weighted by molar-refractivity contribution is 5.89. The molecule has 0 saturated heterocycles. The standard InChI is InChI=1S/C18H20N6/c1-10(2)15-7-12-6-13(8-20-17(12)22-11(15)3)14-4-5-24-16(14)9-21-18(19)23-24/h4-6,8-10,15H,7H2,1-3H3,(H2,19,23)/t15-/m1/s1. The second-order valence-electron chi connectivity index (χ2n) is 6.69. The van der Waals surface area contributed by atoms with Crippen molar-refractivity contribution in [3.8, 4) is 11.1 Å². The minimum atomic E-state index is 0.262. The first-order valence-corrected chi connectivity index (χ1v) is 8.17. The van der Waals surface area contributed by atoms with Crippen LogP contribution < -0.4 is 5.73 Å². The van der Waals surface area contributed by atoms with Crippen LogP contribution in [0.5, 0.6) is 0 Å². The van der Waals surface area contributed by atoms with Crippen molar-refractivity contribution in [1.82, 2.24) is 19.6 Å². The van der Waals surface area contributed by atoms with Gasteiger partial charge in [-0.25, -0.2) is 19.5 Å². The van der Waals surface area contributed by atoms with Crippen LogP contribution in [0.25, 0.3) is 16.6 Å². The lowest BCUT2D eigenvalue weighted by atomic mass is 9.84. The monoisotopic (exact) mass is 320 g/mol. The number of pyridine rings is 1. The second kappa shape index (κ2) is 5.40. The van der Waals surface area contributed by atoms with Crippen LogP contribution in [0.4, 0.5) is 11.8 Å². The van der Waals surface area contributed by atoms with E-state index in [0.717, 1.165) is 28.9 Å². The summed E-state index contributed by atoms with van der Waals surface area (Å²) in [5.74, 6) is 2.15. The van der Waals surface area contributed by atoms with Crippen molar-refractivity contribution >= 4 is 23.0 Å². The predicted molar refractivity (Wildman–Crippen MR) is 95.4 cm³/mol. The Hall–Kier alpha value is -2.76. The van der Waals surface area contributed by atoms with Crippen molar-refractivity contribution in [2.75, 3.05) is 5.73 Å². The van der Waals surface area contributed by atoms with E-state index < -0.39 is 0 Å². The summed E-state index contributed by atoms with van der Waals surface area (Å²) in [6.45, 7) is 6.59. The van der Waals surface area contributed by atoms with Crippen LogP contribution in [0.2, 0.25) is 0 Å². The van der Waals surface area contributed by atoms with Gasteiger partial charge in [0.05, 0.1) is 11.7 Å². The number of rotatable bonds is 2. The first-order chi connectivity index (χ1) is 11.5. The molecule has 4 heterocycles. The largest absolute Gasteiger partial charge is 0.367 e. The van der Waals surface area contributed by atoms with Gasteiger partial charge in [0, 0.05) is 35.2 Å². The maximum atomic E-state index is 5.65. The maximum absolute atomic E-state index is 5.65. The van der Waals surface area contributed by atoms with Crippen molar-refractivity contribution in [1.29, 1.82) is 0 Å². The molecule has 0 bridgehead atoms. The lowest BCUT2D eigenvalue weighted by molar-refractivity contribution is 0.484. The van der Waals surface area contributed by atoms with Gasteiger partial charge in [-0.3, -0.25) is 0 Å². The lowest BCUT2D eigenvalue weighted by Gasteiger charge is -2.25. The summed E-state index contributed by atoms with van der Waals surface area (Å²) in [6.07, 6.45) is 6.49. The molecular formula is C18H20N6. The molecule has 1 atom stereocenters. The molecule has 3 aromatic rings. The van der Waals surface area contributed by atoms with E-state index in [1.54, 1.807) is 10.7 Å². The molecule has 6 nitrogen and oxygen atoms in total. The van der Waals surface area contributed by atoms with E-state index in [2.05, 4.69) is 41.9 Å². The van der Waals surface area contributed by atoms with Gasteiger partial charge in [0.25, 0.3) is 0 Å². The molecule has 1 aliphatic rings. The highest BCUT2D eigenvalue weighted by Gasteiger charge is 2.24. The van der Waals surface area contributed by atoms with Gasteiger partial charge in [-0.05, 0) is 37.0 Å². The van der Waals surface area contributed by atoms with Gasteiger partial charge in [0.1, 0.15) is 0 Å². The molecule has 0 spiro atoms. The van der Waals surface area contributed by atoms with Crippen LogP contribution in [-0.4, -0.2) is 25.3 Å². The molecule has 0 radical (unpaired) electrons. The molecule has 0 aromatic carbocycles. The molecule has 1 aliphatic heterocycles. The summed E-state index contributed by atoms with van der Waals surface area (Å²) in [5.41, 5.74) is 11.1. The third-order valence-corrected chi connectivity index (χ3v) is 4.75. The minimum Gasteiger partial charge on any atom is -0.367 e. The third-order valence-electron chi connectivity index (χ3n) is 4.75. The molecule has 4 rings (SSSR count). The molecule has 0 amide bonds. The van der Waals surface area contributed by atoms with Crippen LogP contribution in [0.15, 0.2) is 35.7 Å². The molecule has 0 unspecified atom stereocenters. The number of nitrogens with zero attached hydrogens (tertiary/aromatic N) is 5. The van der Waals surface area contributed by atoms with Crippen LogP contribution in [0.3, 0.4) is 0 Å². The van der Waals surface area contributed by atoms with E-state index in [1.807, 2.05) is 18.5 Å². The topological polar surface area (TPSA) is 81.5 Å². The van der Waals surface area contributed by atoms with E-state index in [1.165, 1.54) is 11.3 Å². The number of nitrogen functional groups attached to an aromatic ring is 1. The number of fused-ring (bicyclic) bond motifs is 2. The summed E-state index contributed by atoms with van der Waals surface area (Å²) >= 11 is 0. The van der Waals surface area contributed by atoms with E-state index in [9.17, 15) is 0 Å². The van der Waals surface area contributed by atoms with Gasteiger partial charge in [0.15, 0.2) is 5.82 Å². The van der Waals surface area contributed by atoms with Gasteiger partial charge < -0.3 is 5.73 Å². The van der Waals surface area contributed by atoms with Gasteiger partial charge in [-0.2, -0.15) is 0 Å². The van der Waals surface area contributed by atoms with Crippen molar-refractivity contribution < 1.29 is 0 Å². The molecule has 0 saturated carbocycles. The lowest BCUT2D eigenvalue weighted by Crippen LogP contribution is -2.23. The Kier molecular flexibility index (Phi) is 3.33. The Labute approximate surface area is 140 Å². The zero-order valence-electron chi connectivity index (χ0n) is 14.1. The molecule has 0 aliphatic carbocycles. The minimum absolute atomic E-state index is 0.262. The molecule has 24 heavy (non-hydrogen) atoms. The number of nitrogens with two attached hydrogens (primary N) is 1. The number of anilines is 1.